The molecule has 1 heterocycles. The van der Waals surface area contributed by atoms with Gasteiger partial charge in [0.25, 0.3) is 0 Å². The molecule has 0 saturated heterocycles. The van der Waals surface area contributed by atoms with E-state index in [1.165, 1.54) is 4.90 Å². The molecule has 1 saturated carbocycles. The molecule has 2 rings (SSSR count). The monoisotopic (exact) mass is 236 g/mol. The van der Waals surface area contributed by atoms with Crippen molar-refractivity contribution in [2.75, 3.05) is 7.05 Å². The molecule has 1 aliphatic rings. The number of nitrogens with one attached hydrogen (secondary N) is 1. The van der Waals surface area contributed by atoms with Gasteiger partial charge in [-0.3, -0.25) is 9.59 Å². The van der Waals surface area contributed by atoms with Gasteiger partial charge in [-0.05, 0) is 25.0 Å². The maximum Gasteiger partial charge on any atom is 0.319 e. The SMILES string of the molecule is CN(Cc1ccc[nH]1)C(=O)C1(C(=O)O)CCC1. The summed E-state index contributed by atoms with van der Waals surface area (Å²) in [6.45, 7) is 0.418. The summed E-state index contributed by atoms with van der Waals surface area (Å²) in [6.07, 6.45) is 3.50. The zero-order valence-electron chi connectivity index (χ0n) is 9.77. The molecule has 1 aromatic heterocycles. The van der Waals surface area contributed by atoms with Crippen molar-refractivity contribution in [1.82, 2.24) is 9.88 Å². The third kappa shape index (κ3) is 1.92. The Bertz CT molecular complexity index is 421. The summed E-state index contributed by atoms with van der Waals surface area (Å²) in [5.41, 5.74) is -0.262. The van der Waals surface area contributed by atoms with E-state index >= 15 is 0 Å². The van der Waals surface area contributed by atoms with E-state index in [-0.39, 0.29) is 5.91 Å². The first-order chi connectivity index (χ1) is 8.06. The first-order valence-corrected chi connectivity index (χ1v) is 5.67. The highest BCUT2D eigenvalue weighted by atomic mass is 16.4. The van der Waals surface area contributed by atoms with Crippen LogP contribution in [0.4, 0.5) is 0 Å². The molecule has 1 fully saturated rings. The van der Waals surface area contributed by atoms with Crippen molar-refractivity contribution in [3.8, 4) is 0 Å². The average molecular weight is 236 g/mol. The van der Waals surface area contributed by atoms with E-state index in [4.69, 9.17) is 0 Å². The van der Waals surface area contributed by atoms with E-state index in [1.54, 1.807) is 13.2 Å². The van der Waals surface area contributed by atoms with Gasteiger partial charge in [0.15, 0.2) is 0 Å². The first kappa shape index (κ1) is 11.7. The number of amides is 1. The number of aromatic nitrogens is 1. The Hall–Kier alpha value is -1.78. The lowest BCUT2D eigenvalue weighted by molar-refractivity contribution is -0.167. The van der Waals surface area contributed by atoms with Crippen molar-refractivity contribution in [1.29, 1.82) is 0 Å². The molecule has 5 nitrogen and oxygen atoms in total. The molecule has 0 spiro atoms. The van der Waals surface area contributed by atoms with Gasteiger partial charge in [0.05, 0.1) is 6.54 Å². The number of rotatable bonds is 4. The van der Waals surface area contributed by atoms with E-state index in [2.05, 4.69) is 4.98 Å². The highest BCUT2D eigenvalue weighted by Gasteiger charge is 2.52. The van der Waals surface area contributed by atoms with Gasteiger partial charge in [0, 0.05) is 18.9 Å². The number of carbonyl (C=O) groups excluding carboxylic acids is 1. The molecular formula is C12H16N2O3. The van der Waals surface area contributed by atoms with Crippen molar-refractivity contribution < 1.29 is 14.7 Å². The predicted molar refractivity (Wildman–Crippen MR) is 61.2 cm³/mol. The third-order valence-electron chi connectivity index (χ3n) is 3.44. The normalized spacial score (nSPS) is 17.2. The number of aliphatic carboxylic acids is 1. The van der Waals surface area contributed by atoms with Crippen molar-refractivity contribution in [2.45, 2.75) is 25.8 Å². The number of carbonyl (C=O) groups is 2. The van der Waals surface area contributed by atoms with Crippen LogP contribution in [0.25, 0.3) is 0 Å². The molecule has 0 atom stereocenters. The molecule has 0 radical (unpaired) electrons. The summed E-state index contributed by atoms with van der Waals surface area (Å²) < 4.78 is 0. The number of H-pyrrole nitrogens is 1. The van der Waals surface area contributed by atoms with Gasteiger partial charge >= 0.3 is 5.97 Å². The summed E-state index contributed by atoms with van der Waals surface area (Å²) in [5, 5.41) is 9.17. The van der Waals surface area contributed by atoms with Crippen molar-refractivity contribution >= 4 is 11.9 Å². The lowest BCUT2D eigenvalue weighted by Crippen LogP contribution is -2.51. The van der Waals surface area contributed by atoms with Gasteiger partial charge in [0.2, 0.25) is 5.91 Å². The molecule has 1 aromatic rings. The summed E-state index contributed by atoms with van der Waals surface area (Å²) in [4.78, 5) is 27.8. The molecule has 0 aromatic carbocycles. The zero-order valence-corrected chi connectivity index (χ0v) is 9.77. The molecule has 0 aliphatic heterocycles. The maximum absolute atomic E-state index is 12.1. The van der Waals surface area contributed by atoms with Crippen LogP contribution in [0.3, 0.4) is 0 Å². The van der Waals surface area contributed by atoms with Crippen LogP contribution in [-0.4, -0.2) is 33.9 Å². The fraction of sp³-hybridized carbons (Fsp3) is 0.500. The Balaban J connectivity index is 2.06. The molecule has 1 aliphatic carbocycles. The molecule has 92 valence electrons. The van der Waals surface area contributed by atoms with Gasteiger partial charge in [-0.2, -0.15) is 0 Å². The summed E-state index contributed by atoms with van der Waals surface area (Å²) in [5.74, 6) is -1.28. The standard InChI is InChI=1S/C12H16N2O3/c1-14(8-9-4-2-7-13-9)10(15)12(11(16)17)5-3-6-12/h2,4,7,13H,3,5-6,8H2,1H3,(H,16,17). The fourth-order valence-corrected chi connectivity index (χ4v) is 2.21. The Kier molecular flexibility index (Phi) is 2.92. The van der Waals surface area contributed by atoms with Crippen molar-refractivity contribution in [3.63, 3.8) is 0 Å². The zero-order chi connectivity index (χ0) is 12.5. The minimum absolute atomic E-state index is 0.286. The van der Waals surface area contributed by atoms with E-state index in [0.29, 0.717) is 19.4 Å². The molecule has 1 amide bonds. The largest absolute Gasteiger partial charge is 0.480 e. The number of carboxylic acid groups (broad SMARTS) is 1. The second-order valence-electron chi connectivity index (χ2n) is 4.60. The number of carboxylic acids is 1. The predicted octanol–water partition coefficient (Wildman–Crippen LogP) is 1.23. The molecular weight excluding hydrogens is 220 g/mol. The summed E-state index contributed by atoms with van der Waals surface area (Å²) in [6, 6.07) is 3.72. The van der Waals surface area contributed by atoms with Crippen LogP contribution in [0.2, 0.25) is 0 Å². The number of aromatic amines is 1. The van der Waals surface area contributed by atoms with Crippen molar-refractivity contribution in [2.24, 2.45) is 5.41 Å². The Morgan fingerprint density at radius 3 is 2.65 bits per heavy atom. The van der Waals surface area contributed by atoms with Crippen LogP contribution in [0.15, 0.2) is 18.3 Å². The van der Waals surface area contributed by atoms with E-state index in [0.717, 1.165) is 12.1 Å². The Morgan fingerprint density at radius 1 is 1.53 bits per heavy atom. The van der Waals surface area contributed by atoms with Gasteiger partial charge in [0.1, 0.15) is 5.41 Å². The van der Waals surface area contributed by atoms with Crippen LogP contribution in [0.5, 0.6) is 0 Å². The maximum atomic E-state index is 12.1. The minimum atomic E-state index is -1.17. The Morgan fingerprint density at radius 2 is 2.24 bits per heavy atom. The quantitative estimate of drug-likeness (QED) is 0.772. The highest BCUT2D eigenvalue weighted by molar-refractivity contribution is 6.02. The van der Waals surface area contributed by atoms with Crippen LogP contribution in [0.1, 0.15) is 25.0 Å². The summed E-state index contributed by atoms with van der Waals surface area (Å²) in [7, 11) is 1.65. The number of nitrogens with zero attached hydrogens (tertiary/aromatic N) is 1. The highest BCUT2D eigenvalue weighted by Crippen LogP contribution is 2.42. The third-order valence-corrected chi connectivity index (χ3v) is 3.44. The van der Waals surface area contributed by atoms with Gasteiger partial charge in [-0.25, -0.2) is 0 Å². The van der Waals surface area contributed by atoms with Crippen LogP contribution in [-0.2, 0) is 16.1 Å². The molecule has 0 unspecified atom stereocenters. The minimum Gasteiger partial charge on any atom is -0.480 e. The second kappa shape index (κ2) is 4.24. The van der Waals surface area contributed by atoms with Crippen LogP contribution >= 0.6 is 0 Å². The topological polar surface area (TPSA) is 73.4 Å². The smallest absolute Gasteiger partial charge is 0.319 e. The van der Waals surface area contributed by atoms with E-state index in [9.17, 15) is 14.7 Å². The number of hydrogen-bond acceptors (Lipinski definition) is 2. The summed E-state index contributed by atoms with van der Waals surface area (Å²) >= 11 is 0. The second-order valence-corrected chi connectivity index (χ2v) is 4.60. The lowest BCUT2D eigenvalue weighted by atomic mass is 9.68. The molecule has 0 bridgehead atoms. The molecule has 2 N–H and O–H groups in total. The molecule has 17 heavy (non-hydrogen) atoms. The molecule has 5 heteroatoms. The van der Waals surface area contributed by atoms with Crippen LogP contribution < -0.4 is 0 Å². The van der Waals surface area contributed by atoms with Crippen LogP contribution in [0, 0.1) is 5.41 Å². The lowest BCUT2D eigenvalue weighted by Gasteiger charge is -2.38. The van der Waals surface area contributed by atoms with Gasteiger partial charge < -0.3 is 15.0 Å². The first-order valence-electron chi connectivity index (χ1n) is 5.67. The fourth-order valence-electron chi connectivity index (χ4n) is 2.21. The van der Waals surface area contributed by atoms with E-state index in [1.807, 2.05) is 12.1 Å². The van der Waals surface area contributed by atoms with Gasteiger partial charge in [-0.1, -0.05) is 6.42 Å². The average Bonchev–Trinajstić information content (AvgIpc) is 2.67. The van der Waals surface area contributed by atoms with Gasteiger partial charge in [-0.15, -0.1) is 0 Å². The number of hydrogen-bond donors (Lipinski definition) is 2. The Labute approximate surface area is 99.4 Å². The van der Waals surface area contributed by atoms with E-state index < -0.39 is 11.4 Å². The van der Waals surface area contributed by atoms with Crippen molar-refractivity contribution in [3.05, 3.63) is 24.0 Å².